The lowest BCUT2D eigenvalue weighted by Crippen LogP contribution is -2.23. The molecule has 2 aromatic rings. The predicted octanol–water partition coefficient (Wildman–Crippen LogP) is 3.71. The van der Waals surface area contributed by atoms with Crippen LogP contribution in [0, 0.1) is 0 Å². The number of nitrogens with one attached hydrogen (secondary N) is 1. The van der Waals surface area contributed by atoms with Crippen LogP contribution < -0.4 is 5.32 Å². The molecule has 1 atom stereocenters. The van der Waals surface area contributed by atoms with Gasteiger partial charge in [-0.15, -0.1) is 11.3 Å². The van der Waals surface area contributed by atoms with Crippen molar-refractivity contribution in [3.8, 4) is 0 Å². The zero-order chi connectivity index (χ0) is 18.9. The quantitative estimate of drug-likeness (QED) is 0.434. The molecule has 0 bridgehead atoms. The molecule has 6 nitrogen and oxygen atoms in total. The highest BCUT2D eigenvalue weighted by Gasteiger charge is 2.18. The maximum atomic E-state index is 12.4. The largest absolute Gasteiger partial charge is 0.451 e. The van der Waals surface area contributed by atoms with Gasteiger partial charge in [-0.3, -0.25) is 14.6 Å². The lowest BCUT2D eigenvalue weighted by Gasteiger charge is -2.11. The number of Topliss-reactive ketones (excluding diaryl/α,β-unsaturated/α-hetero) is 1. The Morgan fingerprint density at radius 3 is 2.62 bits per heavy atom. The fourth-order valence-electron chi connectivity index (χ4n) is 2.13. The first-order valence-corrected chi connectivity index (χ1v) is 9.09. The second-order valence-electron chi connectivity index (χ2n) is 5.56. The number of carbonyl (C=O) groups is 3. The fourth-order valence-corrected chi connectivity index (χ4v) is 2.64. The molecule has 1 aromatic carbocycles. The number of ketones is 1. The first-order valence-electron chi connectivity index (χ1n) is 8.21. The lowest BCUT2D eigenvalue weighted by atomic mass is 10.1. The van der Waals surface area contributed by atoms with Crippen LogP contribution >= 0.6 is 11.3 Å². The first-order chi connectivity index (χ1) is 12.5. The van der Waals surface area contributed by atoms with Gasteiger partial charge in [-0.05, 0) is 43.7 Å². The minimum absolute atomic E-state index is 0.0680. The molecule has 2 rings (SSSR count). The standard InChI is InChI=1S/C19H20N2O4S/c1-3-4-17(22)21-15-7-5-14(6-8-15)19(24)13(2)25-18(23)10-9-16-11-20-12-26-16/h5-13H,3-4H2,1-2H3,(H,21,22)/b10-9+. The van der Waals surface area contributed by atoms with E-state index in [-0.39, 0.29) is 11.7 Å². The molecule has 1 heterocycles. The predicted molar refractivity (Wildman–Crippen MR) is 101 cm³/mol. The molecule has 0 spiro atoms. The maximum Gasteiger partial charge on any atom is 0.331 e. The SMILES string of the molecule is CCCC(=O)Nc1ccc(C(=O)C(C)OC(=O)/C=C/c2cncs2)cc1. The van der Waals surface area contributed by atoms with Crippen molar-refractivity contribution >= 4 is 40.8 Å². The number of ether oxygens (including phenoxy) is 1. The number of amides is 1. The van der Waals surface area contributed by atoms with Gasteiger partial charge in [0.15, 0.2) is 6.10 Å². The number of thiazole rings is 1. The summed E-state index contributed by atoms with van der Waals surface area (Å²) >= 11 is 1.39. The zero-order valence-electron chi connectivity index (χ0n) is 14.6. The van der Waals surface area contributed by atoms with Crippen molar-refractivity contribution in [2.45, 2.75) is 32.8 Å². The number of esters is 1. The Balaban J connectivity index is 1.90. The van der Waals surface area contributed by atoms with Crippen molar-refractivity contribution < 1.29 is 19.1 Å². The van der Waals surface area contributed by atoms with E-state index in [0.717, 1.165) is 11.3 Å². The molecule has 0 saturated carbocycles. The summed E-state index contributed by atoms with van der Waals surface area (Å²) in [4.78, 5) is 40.4. The third kappa shape index (κ3) is 5.93. The van der Waals surface area contributed by atoms with Crippen molar-refractivity contribution in [2.24, 2.45) is 0 Å². The second-order valence-corrected chi connectivity index (χ2v) is 6.47. The minimum atomic E-state index is -0.908. The molecule has 0 aliphatic carbocycles. The number of hydrogen-bond acceptors (Lipinski definition) is 6. The van der Waals surface area contributed by atoms with Gasteiger partial charge < -0.3 is 10.1 Å². The summed E-state index contributed by atoms with van der Waals surface area (Å²) in [5.41, 5.74) is 2.69. The third-order valence-corrected chi connectivity index (χ3v) is 4.17. The van der Waals surface area contributed by atoms with E-state index in [4.69, 9.17) is 4.74 Å². The van der Waals surface area contributed by atoms with Crippen molar-refractivity contribution in [2.75, 3.05) is 5.32 Å². The van der Waals surface area contributed by atoms with E-state index >= 15 is 0 Å². The molecule has 7 heteroatoms. The molecule has 1 amide bonds. The number of benzene rings is 1. The molecular formula is C19H20N2O4S. The summed E-state index contributed by atoms with van der Waals surface area (Å²) in [6.07, 6.45) is 4.79. The highest BCUT2D eigenvalue weighted by atomic mass is 32.1. The van der Waals surface area contributed by atoms with E-state index in [1.54, 1.807) is 42.0 Å². The number of rotatable bonds is 8. The zero-order valence-corrected chi connectivity index (χ0v) is 15.4. The normalized spacial score (nSPS) is 11.9. The van der Waals surface area contributed by atoms with E-state index < -0.39 is 12.1 Å². The van der Waals surface area contributed by atoms with Crippen molar-refractivity contribution in [3.05, 3.63) is 52.5 Å². The van der Waals surface area contributed by atoms with Gasteiger partial charge in [-0.25, -0.2) is 4.79 Å². The van der Waals surface area contributed by atoms with Crippen molar-refractivity contribution in [1.82, 2.24) is 4.98 Å². The molecule has 1 N–H and O–H groups in total. The summed E-state index contributed by atoms with van der Waals surface area (Å²) < 4.78 is 5.13. The van der Waals surface area contributed by atoms with Gasteiger partial charge in [-0.2, -0.15) is 0 Å². The minimum Gasteiger partial charge on any atom is -0.451 e. The summed E-state index contributed by atoms with van der Waals surface area (Å²) in [7, 11) is 0. The first kappa shape index (κ1) is 19.5. The van der Waals surface area contributed by atoms with E-state index in [1.165, 1.54) is 24.3 Å². The Hall–Kier alpha value is -2.80. The number of carbonyl (C=O) groups excluding carboxylic acids is 3. The molecule has 0 fully saturated rings. The lowest BCUT2D eigenvalue weighted by molar-refractivity contribution is -0.140. The highest BCUT2D eigenvalue weighted by Crippen LogP contribution is 2.14. The average molecular weight is 372 g/mol. The van der Waals surface area contributed by atoms with E-state index in [0.29, 0.717) is 17.7 Å². The van der Waals surface area contributed by atoms with Crippen LogP contribution in [0.25, 0.3) is 6.08 Å². The molecule has 0 radical (unpaired) electrons. The summed E-state index contributed by atoms with van der Waals surface area (Å²) in [6, 6.07) is 6.50. The van der Waals surface area contributed by atoms with E-state index in [9.17, 15) is 14.4 Å². The molecule has 136 valence electrons. The number of nitrogens with zero attached hydrogens (tertiary/aromatic N) is 1. The van der Waals surface area contributed by atoms with Crippen LogP contribution in [0.3, 0.4) is 0 Å². The van der Waals surface area contributed by atoms with Gasteiger partial charge in [0.05, 0.1) is 5.51 Å². The molecule has 0 aliphatic rings. The van der Waals surface area contributed by atoms with Crippen molar-refractivity contribution in [3.63, 3.8) is 0 Å². The number of hydrogen-bond donors (Lipinski definition) is 1. The Morgan fingerprint density at radius 2 is 2.00 bits per heavy atom. The van der Waals surface area contributed by atoms with Crippen LogP contribution in [0.1, 0.15) is 41.9 Å². The smallest absolute Gasteiger partial charge is 0.331 e. The maximum absolute atomic E-state index is 12.4. The molecular weight excluding hydrogens is 352 g/mol. The van der Waals surface area contributed by atoms with Crippen LogP contribution in [0.15, 0.2) is 42.0 Å². The molecule has 0 saturated heterocycles. The van der Waals surface area contributed by atoms with Crippen LogP contribution in [0.5, 0.6) is 0 Å². The van der Waals surface area contributed by atoms with Gasteiger partial charge in [0.25, 0.3) is 0 Å². The molecule has 1 unspecified atom stereocenters. The van der Waals surface area contributed by atoms with Gasteiger partial charge in [0.1, 0.15) is 0 Å². The van der Waals surface area contributed by atoms with Gasteiger partial charge in [0, 0.05) is 34.8 Å². The van der Waals surface area contributed by atoms with Crippen LogP contribution in [-0.4, -0.2) is 28.7 Å². The fraction of sp³-hybridized carbons (Fsp3) is 0.263. The van der Waals surface area contributed by atoms with Crippen LogP contribution in [0.4, 0.5) is 5.69 Å². The Labute approximate surface area is 155 Å². The van der Waals surface area contributed by atoms with Gasteiger partial charge in [0.2, 0.25) is 11.7 Å². The summed E-state index contributed by atoms with van der Waals surface area (Å²) in [5.74, 6) is -0.972. The topological polar surface area (TPSA) is 85.4 Å². The van der Waals surface area contributed by atoms with Crippen molar-refractivity contribution in [1.29, 1.82) is 0 Å². The van der Waals surface area contributed by atoms with Gasteiger partial charge >= 0.3 is 5.97 Å². The average Bonchev–Trinajstić information content (AvgIpc) is 3.14. The highest BCUT2D eigenvalue weighted by molar-refractivity contribution is 7.10. The Kier molecular flexibility index (Phi) is 7.23. The molecule has 26 heavy (non-hydrogen) atoms. The monoisotopic (exact) mass is 372 g/mol. The van der Waals surface area contributed by atoms with Gasteiger partial charge in [-0.1, -0.05) is 6.92 Å². The summed E-state index contributed by atoms with van der Waals surface area (Å²) in [5, 5.41) is 2.75. The Bertz CT molecular complexity index is 782. The van der Waals surface area contributed by atoms with Crippen LogP contribution in [-0.2, 0) is 14.3 Å². The summed E-state index contributed by atoms with van der Waals surface area (Å²) in [6.45, 7) is 3.45. The number of anilines is 1. The molecule has 1 aromatic heterocycles. The Morgan fingerprint density at radius 1 is 1.27 bits per heavy atom. The van der Waals surface area contributed by atoms with Crippen LogP contribution in [0.2, 0.25) is 0 Å². The molecule has 0 aliphatic heterocycles. The number of aromatic nitrogens is 1. The third-order valence-electron chi connectivity index (χ3n) is 3.43. The van der Waals surface area contributed by atoms with E-state index in [1.807, 2.05) is 6.92 Å². The second kappa shape index (κ2) is 9.62. The van der Waals surface area contributed by atoms with E-state index in [2.05, 4.69) is 10.3 Å².